The summed E-state index contributed by atoms with van der Waals surface area (Å²) in [6.45, 7) is 7.92. The van der Waals surface area contributed by atoms with Gasteiger partial charge in [-0.15, -0.1) is 11.8 Å². The average Bonchev–Trinajstić information content (AvgIpc) is 2.64. The van der Waals surface area contributed by atoms with Crippen molar-refractivity contribution in [2.45, 2.75) is 37.5 Å². The van der Waals surface area contributed by atoms with Gasteiger partial charge in [0.25, 0.3) is 0 Å². The predicted molar refractivity (Wildman–Crippen MR) is 115 cm³/mol. The zero-order valence-electron chi connectivity index (χ0n) is 16.2. The van der Waals surface area contributed by atoms with Gasteiger partial charge in [0.05, 0.1) is 6.54 Å². The number of guanidine groups is 1. The number of hydrogen-bond donors (Lipinski definition) is 3. The largest absolute Gasteiger partial charge is 0.357 e. The maximum Gasteiger partial charge on any atom is 0.221 e. The molecule has 0 aliphatic heterocycles. The molecule has 0 heterocycles. The van der Waals surface area contributed by atoms with Gasteiger partial charge >= 0.3 is 0 Å². The van der Waals surface area contributed by atoms with Crippen molar-refractivity contribution in [1.29, 1.82) is 0 Å². The number of benzene rings is 2. The first kappa shape index (κ1) is 20.8. The summed E-state index contributed by atoms with van der Waals surface area (Å²) >= 11 is 1.84. The predicted octanol–water partition coefficient (Wildman–Crippen LogP) is 3.88. The number of carbonyl (C=O) groups excluding carboxylic acids is 1. The summed E-state index contributed by atoms with van der Waals surface area (Å²) in [4.78, 5) is 17.1. The van der Waals surface area contributed by atoms with E-state index in [2.05, 4.69) is 59.1 Å². The molecule has 27 heavy (non-hydrogen) atoms. The van der Waals surface area contributed by atoms with Gasteiger partial charge in [-0.05, 0) is 36.8 Å². The van der Waals surface area contributed by atoms with Crippen molar-refractivity contribution in [3.05, 3.63) is 60.2 Å². The molecular weight excluding hydrogens is 356 g/mol. The van der Waals surface area contributed by atoms with E-state index in [4.69, 9.17) is 0 Å². The first-order valence-corrected chi connectivity index (χ1v) is 10.0. The van der Waals surface area contributed by atoms with Gasteiger partial charge in [0.2, 0.25) is 5.91 Å². The van der Waals surface area contributed by atoms with Crippen LogP contribution in [0.1, 0.15) is 26.3 Å². The van der Waals surface area contributed by atoms with Gasteiger partial charge in [0.15, 0.2) is 5.96 Å². The Bertz CT molecular complexity index is 749. The first-order chi connectivity index (χ1) is 13.1. The molecule has 0 aliphatic carbocycles. The minimum absolute atomic E-state index is 0.0736. The summed E-state index contributed by atoms with van der Waals surface area (Å²) in [6.07, 6.45) is 0. The molecule has 2 aromatic carbocycles. The zero-order valence-corrected chi connectivity index (χ0v) is 17.0. The molecule has 1 unspecified atom stereocenters. The normalized spacial score (nSPS) is 12.3. The molecule has 2 aromatic rings. The van der Waals surface area contributed by atoms with Crippen LogP contribution in [0.2, 0.25) is 0 Å². The molecule has 0 aromatic heterocycles. The first-order valence-electron chi connectivity index (χ1n) is 9.17. The number of thioether (sulfide) groups is 1. The van der Waals surface area contributed by atoms with Crippen LogP contribution in [-0.4, -0.2) is 30.2 Å². The lowest BCUT2D eigenvalue weighted by Gasteiger charge is -2.16. The van der Waals surface area contributed by atoms with Crippen LogP contribution in [0.4, 0.5) is 5.69 Å². The summed E-state index contributed by atoms with van der Waals surface area (Å²) < 4.78 is 0. The fourth-order valence-corrected chi connectivity index (χ4v) is 3.42. The number of hydrogen-bond acceptors (Lipinski definition) is 3. The van der Waals surface area contributed by atoms with E-state index < -0.39 is 0 Å². The molecule has 0 saturated carbocycles. The van der Waals surface area contributed by atoms with Crippen LogP contribution in [-0.2, 0) is 11.3 Å². The highest BCUT2D eigenvalue weighted by Crippen LogP contribution is 2.21. The molecule has 144 valence electrons. The summed E-state index contributed by atoms with van der Waals surface area (Å²) in [5.41, 5.74) is 1.84. The summed E-state index contributed by atoms with van der Waals surface area (Å²) in [5, 5.41) is 9.90. The highest BCUT2D eigenvalue weighted by atomic mass is 32.2. The molecule has 0 radical (unpaired) electrons. The Morgan fingerprint density at radius 3 is 2.59 bits per heavy atom. The number of nitrogens with one attached hydrogen (secondary N) is 3. The Morgan fingerprint density at radius 2 is 1.89 bits per heavy atom. The molecule has 0 spiro atoms. The molecule has 2 rings (SSSR count). The summed E-state index contributed by atoms with van der Waals surface area (Å²) in [6, 6.07) is 18.2. The van der Waals surface area contributed by atoms with Gasteiger partial charge in [0, 0.05) is 35.8 Å². The fourth-order valence-electron chi connectivity index (χ4n) is 2.48. The van der Waals surface area contributed by atoms with Crippen molar-refractivity contribution in [3.63, 3.8) is 0 Å². The molecule has 3 N–H and O–H groups in total. The zero-order chi connectivity index (χ0) is 19.5. The summed E-state index contributed by atoms with van der Waals surface area (Å²) in [5.74, 6) is 0.721. The smallest absolute Gasteiger partial charge is 0.221 e. The quantitative estimate of drug-likeness (QED) is 0.367. The monoisotopic (exact) mass is 384 g/mol. The Balaban J connectivity index is 1.90. The number of aliphatic imine (C=N–C) groups is 1. The lowest BCUT2D eigenvalue weighted by atomic mass is 10.2. The highest BCUT2D eigenvalue weighted by Gasteiger charge is 2.06. The van der Waals surface area contributed by atoms with Crippen LogP contribution in [0.15, 0.2) is 64.5 Å². The van der Waals surface area contributed by atoms with Crippen LogP contribution in [0, 0.1) is 0 Å². The lowest BCUT2D eigenvalue weighted by Crippen LogP contribution is -2.40. The van der Waals surface area contributed by atoms with Crippen molar-refractivity contribution < 1.29 is 4.79 Å². The molecule has 1 amide bonds. The van der Waals surface area contributed by atoms with Gasteiger partial charge in [-0.2, -0.15) is 0 Å². The van der Waals surface area contributed by atoms with E-state index in [0.29, 0.717) is 11.8 Å². The second-order valence-corrected chi connectivity index (χ2v) is 7.71. The van der Waals surface area contributed by atoms with Crippen LogP contribution in [0.25, 0.3) is 0 Å². The van der Waals surface area contributed by atoms with E-state index in [1.54, 1.807) is 0 Å². The summed E-state index contributed by atoms with van der Waals surface area (Å²) in [7, 11) is 0. The van der Waals surface area contributed by atoms with E-state index in [0.717, 1.165) is 30.3 Å². The second kappa shape index (κ2) is 11.3. The van der Waals surface area contributed by atoms with Crippen LogP contribution in [0.5, 0.6) is 0 Å². The van der Waals surface area contributed by atoms with Crippen LogP contribution >= 0.6 is 11.8 Å². The van der Waals surface area contributed by atoms with Crippen LogP contribution in [0.3, 0.4) is 0 Å². The van der Waals surface area contributed by atoms with E-state index in [1.807, 2.05) is 42.1 Å². The third kappa shape index (κ3) is 8.17. The fraction of sp³-hybridized carbons (Fsp3) is 0.333. The highest BCUT2D eigenvalue weighted by molar-refractivity contribution is 8.00. The molecule has 0 fully saturated rings. The number of nitrogens with zero attached hydrogens (tertiary/aromatic N) is 1. The van der Waals surface area contributed by atoms with Crippen molar-refractivity contribution >= 4 is 29.3 Å². The third-order valence-corrected chi connectivity index (χ3v) is 4.76. The second-order valence-electron chi connectivity index (χ2n) is 6.20. The molecule has 0 bridgehead atoms. The number of carbonyl (C=O) groups is 1. The minimum Gasteiger partial charge on any atom is -0.357 e. The van der Waals surface area contributed by atoms with Gasteiger partial charge in [-0.1, -0.05) is 37.3 Å². The third-order valence-electron chi connectivity index (χ3n) is 3.65. The molecule has 6 heteroatoms. The van der Waals surface area contributed by atoms with Crippen molar-refractivity contribution in [3.8, 4) is 0 Å². The van der Waals surface area contributed by atoms with E-state index in [-0.39, 0.29) is 5.91 Å². The maximum atomic E-state index is 11.2. The van der Waals surface area contributed by atoms with E-state index in [9.17, 15) is 4.79 Å². The average molecular weight is 385 g/mol. The van der Waals surface area contributed by atoms with E-state index in [1.165, 1.54) is 11.8 Å². The van der Waals surface area contributed by atoms with Gasteiger partial charge in [-0.25, -0.2) is 4.99 Å². The number of rotatable bonds is 8. The Morgan fingerprint density at radius 1 is 1.11 bits per heavy atom. The van der Waals surface area contributed by atoms with Crippen LogP contribution < -0.4 is 16.0 Å². The lowest BCUT2D eigenvalue weighted by molar-refractivity contribution is -0.114. The molecule has 5 nitrogen and oxygen atoms in total. The maximum absolute atomic E-state index is 11.2. The van der Waals surface area contributed by atoms with Gasteiger partial charge in [-0.3, -0.25) is 4.79 Å². The topological polar surface area (TPSA) is 65.5 Å². The SMILES string of the molecule is CCNC(=NCc1cccc(NC(C)=O)c1)NCC(C)Sc1ccccc1. The van der Waals surface area contributed by atoms with Gasteiger partial charge in [0.1, 0.15) is 0 Å². The number of anilines is 1. The number of amides is 1. The molecule has 0 saturated heterocycles. The Labute approximate surface area is 166 Å². The Kier molecular flexibility index (Phi) is 8.71. The standard InChI is InChI=1S/C21H28N4OS/c1-4-22-21(23-14-16(2)27-20-11-6-5-7-12-20)24-15-18-9-8-10-19(13-18)25-17(3)26/h5-13,16H,4,14-15H2,1-3H3,(H,25,26)(H2,22,23,24). The molecular formula is C21H28N4OS. The minimum atomic E-state index is -0.0736. The van der Waals surface area contributed by atoms with E-state index >= 15 is 0 Å². The molecule has 1 atom stereocenters. The van der Waals surface area contributed by atoms with Gasteiger partial charge < -0.3 is 16.0 Å². The van der Waals surface area contributed by atoms with Crippen molar-refractivity contribution in [1.82, 2.24) is 10.6 Å². The Hall–Kier alpha value is -2.47. The van der Waals surface area contributed by atoms with Crippen molar-refractivity contribution in [2.24, 2.45) is 4.99 Å². The van der Waals surface area contributed by atoms with Crippen molar-refractivity contribution in [2.75, 3.05) is 18.4 Å². The molecule has 0 aliphatic rings.